The fourth-order valence-corrected chi connectivity index (χ4v) is 2.39. The number of rotatable bonds is 6. The zero-order valence-electron chi connectivity index (χ0n) is 12.5. The van der Waals surface area contributed by atoms with Crippen LogP contribution in [0, 0.1) is 5.92 Å². The van der Waals surface area contributed by atoms with Gasteiger partial charge in [0.2, 0.25) is 0 Å². The summed E-state index contributed by atoms with van der Waals surface area (Å²) in [6.45, 7) is 4.69. The van der Waals surface area contributed by atoms with E-state index in [0.29, 0.717) is 12.5 Å². The minimum atomic E-state index is -0.289. The van der Waals surface area contributed by atoms with Gasteiger partial charge in [0, 0.05) is 0 Å². The van der Waals surface area contributed by atoms with Crippen LogP contribution in [-0.2, 0) is 22.4 Å². The van der Waals surface area contributed by atoms with E-state index >= 15 is 0 Å². The van der Waals surface area contributed by atoms with Crippen molar-refractivity contribution in [1.29, 1.82) is 0 Å². The first kappa shape index (κ1) is 14.9. The maximum Gasteiger partial charge on any atom is 0.344 e. The maximum atomic E-state index is 11.5. The van der Waals surface area contributed by atoms with Crippen LogP contribution in [0.3, 0.4) is 0 Å². The Bertz CT molecular complexity index is 452. The summed E-state index contributed by atoms with van der Waals surface area (Å²) in [4.78, 5) is 11.5. The van der Waals surface area contributed by atoms with Gasteiger partial charge in [-0.05, 0) is 61.3 Å². The summed E-state index contributed by atoms with van der Waals surface area (Å²) in [6.07, 6.45) is 5.69. The first-order valence-corrected chi connectivity index (χ1v) is 7.55. The van der Waals surface area contributed by atoms with Crippen molar-refractivity contribution in [3.63, 3.8) is 0 Å². The molecule has 0 radical (unpaired) electrons. The fourth-order valence-electron chi connectivity index (χ4n) is 2.39. The van der Waals surface area contributed by atoms with E-state index in [0.717, 1.165) is 25.0 Å². The van der Waals surface area contributed by atoms with Gasteiger partial charge in [0.15, 0.2) is 6.61 Å². The van der Waals surface area contributed by atoms with Gasteiger partial charge in [-0.1, -0.05) is 19.9 Å². The van der Waals surface area contributed by atoms with Gasteiger partial charge in [0.1, 0.15) is 5.75 Å². The van der Waals surface area contributed by atoms with Crippen LogP contribution in [0.4, 0.5) is 0 Å². The predicted molar refractivity (Wildman–Crippen MR) is 79.0 cm³/mol. The third-order valence-electron chi connectivity index (χ3n) is 3.63. The molecule has 0 spiro atoms. The highest BCUT2D eigenvalue weighted by atomic mass is 16.6. The molecule has 110 valence electrons. The molecule has 0 saturated carbocycles. The van der Waals surface area contributed by atoms with Gasteiger partial charge in [-0.15, -0.1) is 0 Å². The van der Waals surface area contributed by atoms with Gasteiger partial charge in [0.25, 0.3) is 0 Å². The smallest absolute Gasteiger partial charge is 0.344 e. The van der Waals surface area contributed by atoms with E-state index in [9.17, 15) is 4.79 Å². The first-order valence-electron chi connectivity index (χ1n) is 7.55. The van der Waals surface area contributed by atoms with Crippen molar-refractivity contribution < 1.29 is 14.3 Å². The summed E-state index contributed by atoms with van der Waals surface area (Å²) < 4.78 is 10.6. The largest absolute Gasteiger partial charge is 0.482 e. The van der Waals surface area contributed by atoms with Crippen molar-refractivity contribution in [1.82, 2.24) is 0 Å². The molecular formula is C17H24O3. The van der Waals surface area contributed by atoms with Gasteiger partial charge in [-0.25, -0.2) is 4.79 Å². The quantitative estimate of drug-likeness (QED) is 0.746. The topological polar surface area (TPSA) is 35.5 Å². The van der Waals surface area contributed by atoms with Crippen molar-refractivity contribution in [2.45, 2.75) is 46.0 Å². The maximum absolute atomic E-state index is 11.5. The monoisotopic (exact) mass is 276 g/mol. The summed E-state index contributed by atoms with van der Waals surface area (Å²) >= 11 is 0. The van der Waals surface area contributed by atoms with Gasteiger partial charge in [-0.2, -0.15) is 0 Å². The van der Waals surface area contributed by atoms with Crippen molar-refractivity contribution in [2.75, 3.05) is 13.2 Å². The number of aryl methyl sites for hydroxylation is 2. The molecule has 0 atom stereocenters. The normalized spacial score (nSPS) is 13.9. The lowest BCUT2D eigenvalue weighted by Gasteiger charge is -2.16. The van der Waals surface area contributed by atoms with E-state index < -0.39 is 0 Å². The summed E-state index contributed by atoms with van der Waals surface area (Å²) in [5.74, 6) is 1.03. The molecule has 3 heteroatoms. The lowest BCUT2D eigenvalue weighted by molar-refractivity contribution is -0.146. The van der Waals surface area contributed by atoms with E-state index in [1.54, 1.807) is 0 Å². The molecule has 0 aromatic heterocycles. The molecule has 0 saturated heterocycles. The number of benzene rings is 1. The van der Waals surface area contributed by atoms with Crippen LogP contribution in [0.5, 0.6) is 5.75 Å². The van der Waals surface area contributed by atoms with Gasteiger partial charge in [0.05, 0.1) is 6.61 Å². The van der Waals surface area contributed by atoms with E-state index in [-0.39, 0.29) is 12.6 Å². The van der Waals surface area contributed by atoms with Crippen molar-refractivity contribution >= 4 is 5.97 Å². The lowest BCUT2D eigenvalue weighted by Crippen LogP contribution is -2.16. The molecule has 0 N–H and O–H groups in total. The molecule has 20 heavy (non-hydrogen) atoms. The number of esters is 1. The highest BCUT2D eigenvalue weighted by Gasteiger charge is 2.11. The molecule has 0 bridgehead atoms. The highest BCUT2D eigenvalue weighted by molar-refractivity contribution is 5.71. The Hall–Kier alpha value is -1.51. The molecular weight excluding hydrogens is 252 g/mol. The van der Waals surface area contributed by atoms with Crippen molar-refractivity contribution in [2.24, 2.45) is 5.92 Å². The third-order valence-corrected chi connectivity index (χ3v) is 3.63. The Morgan fingerprint density at radius 1 is 1.20 bits per heavy atom. The molecule has 0 unspecified atom stereocenters. The summed E-state index contributed by atoms with van der Waals surface area (Å²) in [5.41, 5.74) is 2.78. The molecule has 0 amide bonds. The zero-order chi connectivity index (χ0) is 14.4. The number of hydrogen-bond donors (Lipinski definition) is 0. The number of carbonyl (C=O) groups is 1. The highest BCUT2D eigenvalue weighted by Crippen LogP contribution is 2.25. The van der Waals surface area contributed by atoms with Crippen LogP contribution in [-0.4, -0.2) is 19.2 Å². The zero-order valence-corrected chi connectivity index (χ0v) is 12.5. The lowest BCUT2D eigenvalue weighted by atomic mass is 9.92. The van der Waals surface area contributed by atoms with Crippen LogP contribution >= 0.6 is 0 Å². The molecule has 3 nitrogen and oxygen atoms in total. The van der Waals surface area contributed by atoms with Crippen LogP contribution in [0.1, 0.15) is 44.2 Å². The SMILES string of the molecule is CC(C)CCOC(=O)COc1ccc2c(c1)CCCC2. The third kappa shape index (κ3) is 4.55. The van der Waals surface area contributed by atoms with Gasteiger partial charge in [-0.3, -0.25) is 0 Å². The van der Waals surface area contributed by atoms with E-state index in [4.69, 9.17) is 9.47 Å². The number of hydrogen-bond acceptors (Lipinski definition) is 3. The molecule has 1 aliphatic rings. The second kappa shape index (κ2) is 7.32. The molecule has 2 rings (SSSR count). The van der Waals surface area contributed by atoms with Gasteiger partial charge < -0.3 is 9.47 Å². The van der Waals surface area contributed by atoms with Gasteiger partial charge >= 0.3 is 5.97 Å². The Morgan fingerprint density at radius 2 is 1.95 bits per heavy atom. The number of ether oxygens (including phenoxy) is 2. The van der Waals surface area contributed by atoms with Crippen molar-refractivity contribution in [3.8, 4) is 5.75 Å². The summed E-state index contributed by atoms with van der Waals surface area (Å²) in [6, 6.07) is 6.13. The van der Waals surface area contributed by atoms with E-state index in [2.05, 4.69) is 26.0 Å². The molecule has 1 aliphatic carbocycles. The molecule has 0 fully saturated rings. The van der Waals surface area contributed by atoms with E-state index in [1.807, 2.05) is 6.07 Å². The Labute approximate surface area is 121 Å². The summed E-state index contributed by atoms with van der Waals surface area (Å²) in [5, 5.41) is 0. The molecule has 1 aromatic rings. The van der Waals surface area contributed by atoms with Crippen LogP contribution in [0.25, 0.3) is 0 Å². The van der Waals surface area contributed by atoms with E-state index in [1.165, 1.54) is 24.0 Å². The molecule has 0 heterocycles. The predicted octanol–water partition coefficient (Wildman–Crippen LogP) is 3.53. The second-order valence-corrected chi connectivity index (χ2v) is 5.83. The second-order valence-electron chi connectivity index (χ2n) is 5.83. The molecule has 1 aromatic carbocycles. The van der Waals surface area contributed by atoms with Crippen LogP contribution in [0.15, 0.2) is 18.2 Å². The average molecular weight is 276 g/mol. The standard InChI is InChI=1S/C17H24O3/c1-13(2)9-10-19-17(18)12-20-16-8-7-14-5-3-4-6-15(14)11-16/h7-8,11,13H,3-6,9-10,12H2,1-2H3. The van der Waals surface area contributed by atoms with Crippen LogP contribution < -0.4 is 4.74 Å². The average Bonchev–Trinajstić information content (AvgIpc) is 2.44. The first-order chi connectivity index (χ1) is 9.65. The number of carbonyl (C=O) groups excluding carboxylic acids is 1. The summed E-state index contributed by atoms with van der Waals surface area (Å²) in [7, 11) is 0. The Kier molecular flexibility index (Phi) is 5.45. The minimum absolute atomic E-state index is 0.00309. The Balaban J connectivity index is 1.77. The van der Waals surface area contributed by atoms with Crippen LogP contribution in [0.2, 0.25) is 0 Å². The number of fused-ring (bicyclic) bond motifs is 1. The fraction of sp³-hybridized carbons (Fsp3) is 0.588. The molecule has 0 aliphatic heterocycles. The van der Waals surface area contributed by atoms with Crippen molar-refractivity contribution in [3.05, 3.63) is 29.3 Å². The minimum Gasteiger partial charge on any atom is -0.482 e. The Morgan fingerprint density at radius 3 is 2.70 bits per heavy atom.